The Bertz CT molecular complexity index is 1020. The van der Waals surface area contributed by atoms with Gasteiger partial charge < -0.3 is 4.90 Å². The lowest BCUT2D eigenvalue weighted by Gasteiger charge is -2.42. The summed E-state index contributed by atoms with van der Waals surface area (Å²) in [5.41, 5.74) is 4.88. The second kappa shape index (κ2) is 11.9. The summed E-state index contributed by atoms with van der Waals surface area (Å²) in [4.78, 5) is 22.0. The monoisotopic (exact) mass is 458 g/mol. The summed E-state index contributed by atoms with van der Waals surface area (Å²) < 4.78 is 0. The van der Waals surface area contributed by atoms with E-state index in [1.807, 2.05) is 45.1 Å². The van der Waals surface area contributed by atoms with Crippen LogP contribution in [-0.4, -0.2) is 53.6 Å². The van der Waals surface area contributed by atoms with Gasteiger partial charge in [0.15, 0.2) is 0 Å². The van der Waals surface area contributed by atoms with Crippen LogP contribution in [0.25, 0.3) is 0 Å². The van der Waals surface area contributed by atoms with Crippen LogP contribution in [0.1, 0.15) is 68.6 Å². The second-order valence-corrected chi connectivity index (χ2v) is 9.64. The third-order valence-electron chi connectivity index (χ3n) is 7.10. The molecule has 0 aliphatic carbocycles. The van der Waals surface area contributed by atoms with Gasteiger partial charge in [-0.15, -0.1) is 0 Å². The lowest BCUT2D eigenvalue weighted by molar-refractivity contribution is -0.118. The van der Waals surface area contributed by atoms with E-state index in [1.54, 1.807) is 6.07 Å². The molecule has 0 saturated carbocycles. The van der Waals surface area contributed by atoms with E-state index in [0.29, 0.717) is 17.3 Å². The highest BCUT2D eigenvalue weighted by Gasteiger charge is 2.27. The maximum atomic E-state index is 12.7. The van der Waals surface area contributed by atoms with E-state index in [2.05, 4.69) is 34.0 Å². The van der Waals surface area contributed by atoms with Gasteiger partial charge in [0.25, 0.3) is 5.91 Å². The number of nitrogens with zero attached hydrogens (tertiary/aromatic N) is 4. The fraction of sp³-hybridized carbons (Fsp3) is 0.483. The summed E-state index contributed by atoms with van der Waals surface area (Å²) in [6.45, 7) is 18.6. The fourth-order valence-corrected chi connectivity index (χ4v) is 4.97. The van der Waals surface area contributed by atoms with Crippen LogP contribution in [0.3, 0.4) is 0 Å². The van der Waals surface area contributed by atoms with Crippen LogP contribution in [0.4, 0.5) is 0 Å². The van der Waals surface area contributed by atoms with Crippen LogP contribution in [0.5, 0.6) is 0 Å². The van der Waals surface area contributed by atoms with Crippen LogP contribution < -0.4 is 0 Å². The fourth-order valence-electron chi connectivity index (χ4n) is 4.97. The molecule has 2 aliphatic heterocycles. The first kappa shape index (κ1) is 25.6. The molecule has 1 aromatic rings. The summed E-state index contributed by atoms with van der Waals surface area (Å²) in [5, 5.41) is 9.05. The van der Waals surface area contributed by atoms with E-state index in [4.69, 9.17) is 5.26 Å². The predicted molar refractivity (Wildman–Crippen MR) is 140 cm³/mol. The highest BCUT2D eigenvalue weighted by molar-refractivity contribution is 6.02. The molecule has 0 N–H and O–H groups in total. The van der Waals surface area contributed by atoms with Gasteiger partial charge in [-0.2, -0.15) is 5.26 Å². The highest BCUT2D eigenvalue weighted by Crippen LogP contribution is 2.25. The van der Waals surface area contributed by atoms with E-state index in [1.165, 1.54) is 45.2 Å². The maximum absolute atomic E-state index is 12.7. The first-order chi connectivity index (χ1) is 16.3. The minimum absolute atomic E-state index is 0.195. The van der Waals surface area contributed by atoms with E-state index < -0.39 is 0 Å². The molecule has 34 heavy (non-hydrogen) atoms. The Morgan fingerprint density at radius 2 is 1.91 bits per heavy atom. The molecule has 0 radical (unpaired) electrons. The number of benzene rings is 1. The summed E-state index contributed by atoms with van der Waals surface area (Å²) in [6.07, 6.45) is 10.2. The smallest absolute Gasteiger partial charge is 0.253 e. The molecule has 3 rings (SSSR count). The zero-order valence-corrected chi connectivity index (χ0v) is 21.0. The van der Waals surface area contributed by atoms with Gasteiger partial charge in [-0.25, -0.2) is 4.99 Å². The van der Waals surface area contributed by atoms with Gasteiger partial charge in [0.1, 0.15) is 0 Å². The zero-order chi connectivity index (χ0) is 24.7. The van der Waals surface area contributed by atoms with E-state index >= 15 is 0 Å². The topological polar surface area (TPSA) is 59.7 Å². The normalized spacial score (nSPS) is 20.7. The average Bonchev–Trinajstić information content (AvgIpc) is 2.86. The Kier molecular flexibility index (Phi) is 9.01. The molecule has 180 valence electrons. The van der Waals surface area contributed by atoms with Crippen molar-refractivity contribution < 1.29 is 4.79 Å². The number of piperidine rings is 2. The number of aryl methyl sites for hydroxylation is 1. The number of aliphatic imine (C=N–C) groups is 1. The SMILES string of the molecule is C=C(/C=C\C(C)=NC(=O)C(C)c1ccc(C#N)cc1C)C(=C)N1CCCC(N2CCCCC2)C1. The van der Waals surface area contributed by atoms with E-state index in [-0.39, 0.29) is 11.8 Å². The number of likely N-dealkylation sites (tertiary alicyclic amines) is 2. The number of hydrogen-bond donors (Lipinski definition) is 0. The first-order valence-corrected chi connectivity index (χ1v) is 12.4. The quantitative estimate of drug-likeness (QED) is 0.398. The average molecular weight is 459 g/mol. The molecular formula is C29H38N4O. The van der Waals surface area contributed by atoms with Crippen molar-refractivity contribution in [2.45, 2.75) is 64.8 Å². The van der Waals surface area contributed by atoms with Gasteiger partial charge in [0.2, 0.25) is 0 Å². The molecule has 2 heterocycles. The van der Waals surface area contributed by atoms with E-state index in [0.717, 1.165) is 35.5 Å². The lowest BCUT2D eigenvalue weighted by Crippen LogP contribution is -2.49. The minimum Gasteiger partial charge on any atom is -0.370 e. The molecule has 2 aliphatic rings. The molecular weight excluding hydrogens is 420 g/mol. The Hall–Kier alpha value is -2.97. The standard InChI is InChI=1S/C29H38N4O/c1-21(25(5)33-17-9-10-27(20-33)32-15-7-6-8-16-32)11-12-23(3)31-29(34)24(4)28-14-13-26(19-30)18-22(28)2/h11-14,18,24,27H,1,5-10,15-17,20H2,2-4H3/b12-11-,31-23?. The Morgan fingerprint density at radius 1 is 1.18 bits per heavy atom. The van der Waals surface area contributed by atoms with Crippen molar-refractivity contribution >= 4 is 11.6 Å². The van der Waals surface area contributed by atoms with Crippen molar-refractivity contribution in [3.05, 3.63) is 71.5 Å². The Morgan fingerprint density at radius 3 is 2.59 bits per heavy atom. The first-order valence-electron chi connectivity index (χ1n) is 12.4. The van der Waals surface area contributed by atoms with Gasteiger partial charge in [-0.3, -0.25) is 9.69 Å². The summed E-state index contributed by atoms with van der Waals surface area (Å²) >= 11 is 0. The maximum Gasteiger partial charge on any atom is 0.253 e. The molecule has 1 amide bonds. The number of nitriles is 1. The van der Waals surface area contributed by atoms with Crippen LogP contribution in [0.15, 0.2) is 59.8 Å². The van der Waals surface area contributed by atoms with Gasteiger partial charge >= 0.3 is 0 Å². The van der Waals surface area contributed by atoms with E-state index in [9.17, 15) is 4.79 Å². The number of rotatable bonds is 7. The lowest BCUT2D eigenvalue weighted by atomic mass is 9.94. The molecule has 2 fully saturated rings. The van der Waals surface area contributed by atoms with Gasteiger partial charge in [-0.1, -0.05) is 31.7 Å². The van der Waals surface area contributed by atoms with Crippen LogP contribution in [-0.2, 0) is 4.79 Å². The van der Waals surface area contributed by atoms with Crippen LogP contribution in [0.2, 0.25) is 0 Å². The molecule has 0 bridgehead atoms. The molecule has 0 aromatic heterocycles. The van der Waals surface area contributed by atoms with Crippen molar-refractivity contribution in [2.75, 3.05) is 26.2 Å². The van der Waals surface area contributed by atoms with Gasteiger partial charge in [0, 0.05) is 30.5 Å². The molecule has 1 aromatic carbocycles. The van der Waals surface area contributed by atoms with Crippen molar-refractivity contribution in [2.24, 2.45) is 4.99 Å². The number of carbonyl (C=O) groups excluding carboxylic acids is 1. The predicted octanol–water partition coefficient (Wildman–Crippen LogP) is 5.53. The van der Waals surface area contributed by atoms with Gasteiger partial charge in [0.05, 0.1) is 17.6 Å². The molecule has 2 saturated heterocycles. The molecule has 5 heteroatoms. The third-order valence-corrected chi connectivity index (χ3v) is 7.10. The zero-order valence-electron chi connectivity index (χ0n) is 21.0. The Balaban J connectivity index is 1.58. The third kappa shape index (κ3) is 6.55. The van der Waals surface area contributed by atoms with Crippen molar-refractivity contribution in [1.29, 1.82) is 5.26 Å². The largest absolute Gasteiger partial charge is 0.370 e. The highest BCUT2D eigenvalue weighted by atomic mass is 16.1. The molecule has 2 unspecified atom stereocenters. The summed E-state index contributed by atoms with van der Waals surface area (Å²) in [5.74, 6) is -0.561. The number of carbonyl (C=O) groups is 1. The molecule has 0 spiro atoms. The summed E-state index contributed by atoms with van der Waals surface area (Å²) in [7, 11) is 0. The van der Waals surface area contributed by atoms with Crippen molar-refractivity contribution in [3.8, 4) is 6.07 Å². The van der Waals surface area contributed by atoms with Gasteiger partial charge in [-0.05, 0) is 94.5 Å². The molecule has 5 nitrogen and oxygen atoms in total. The van der Waals surface area contributed by atoms with Crippen LogP contribution >= 0.6 is 0 Å². The summed E-state index contributed by atoms with van der Waals surface area (Å²) in [6, 6.07) is 8.14. The number of allylic oxidation sites excluding steroid dienone is 2. The second-order valence-electron chi connectivity index (χ2n) is 9.64. The van der Waals surface area contributed by atoms with Crippen LogP contribution in [0, 0.1) is 18.3 Å². The minimum atomic E-state index is -0.366. The van der Waals surface area contributed by atoms with Crippen molar-refractivity contribution in [1.82, 2.24) is 9.80 Å². The van der Waals surface area contributed by atoms with Crippen molar-refractivity contribution in [3.63, 3.8) is 0 Å². The Labute approximate surface area is 205 Å². The number of hydrogen-bond acceptors (Lipinski definition) is 4. The number of amides is 1. The molecule has 2 atom stereocenters.